The average Bonchev–Trinajstić information content (AvgIpc) is 2.90. The summed E-state index contributed by atoms with van der Waals surface area (Å²) >= 11 is 0. The van der Waals surface area contributed by atoms with Crippen LogP contribution in [0.4, 0.5) is 0 Å². The van der Waals surface area contributed by atoms with Crippen LogP contribution in [-0.4, -0.2) is 44.3 Å². The van der Waals surface area contributed by atoms with Crippen molar-refractivity contribution in [3.8, 4) is 11.5 Å². The summed E-state index contributed by atoms with van der Waals surface area (Å²) in [5.41, 5.74) is 2.37. The molecular weight excluding hydrogens is 266 g/mol. The van der Waals surface area contributed by atoms with E-state index in [9.17, 15) is 4.79 Å². The van der Waals surface area contributed by atoms with Crippen LogP contribution < -0.4 is 9.47 Å². The topological polar surface area (TPSA) is 35.5 Å². The van der Waals surface area contributed by atoms with Gasteiger partial charge in [-0.25, -0.2) is 0 Å². The van der Waals surface area contributed by atoms with Gasteiger partial charge in [0.1, 0.15) is 17.1 Å². The van der Waals surface area contributed by atoms with Crippen LogP contribution in [-0.2, 0) is 0 Å². The molecule has 20 heavy (non-hydrogen) atoms. The Hall–Kier alpha value is -0.483. The smallest absolute Gasteiger partial charge is 0.188 e. The molecule has 1 atom stereocenters. The number of carbonyl (C=O) groups is 1. The largest absolute Gasteiger partial charge is 0.496 e. The van der Waals surface area contributed by atoms with E-state index in [0.29, 0.717) is 31.3 Å². The third-order valence-corrected chi connectivity index (χ3v) is 5.07. The Morgan fingerprint density at radius 2 is 1.65 bits per heavy atom. The monoisotopic (exact) mass is 287 g/mol. The Kier molecular flexibility index (Phi) is 7.10. The molecule has 3 nitrogen and oxygen atoms in total. The van der Waals surface area contributed by atoms with Crippen LogP contribution in [0.5, 0.6) is 11.5 Å². The standard InChI is InChI=1S/C15H21O3P.Li/c1-10-8-12(17-2)14(13(9-10)18-3)15(16)19-11-6-4-5-7-11;/h8-9,11,19H,4-7H2,1-3H3;. The molecule has 1 unspecified atom stereocenters. The summed E-state index contributed by atoms with van der Waals surface area (Å²) in [6.07, 6.45) is 4.88. The molecule has 1 aromatic carbocycles. The number of benzene rings is 1. The number of ether oxygens (including phenoxy) is 2. The third kappa shape index (κ3) is 4.01. The van der Waals surface area contributed by atoms with Gasteiger partial charge < -0.3 is 9.47 Å². The summed E-state index contributed by atoms with van der Waals surface area (Å²) in [6.45, 7) is 1.97. The normalized spacial score (nSPS) is 15.3. The fraction of sp³-hybridized carbons (Fsp3) is 0.533. The molecule has 1 radical (unpaired) electrons. The molecule has 0 heterocycles. The Labute approximate surface area is 134 Å². The Morgan fingerprint density at radius 3 is 2.10 bits per heavy atom. The van der Waals surface area contributed by atoms with Gasteiger partial charge in [-0.05, 0) is 51.7 Å². The minimum atomic E-state index is 0. The molecule has 1 saturated carbocycles. The van der Waals surface area contributed by atoms with Gasteiger partial charge in [-0.1, -0.05) is 12.8 Å². The van der Waals surface area contributed by atoms with Crippen LogP contribution in [0.3, 0.4) is 0 Å². The van der Waals surface area contributed by atoms with Crippen molar-refractivity contribution in [2.45, 2.75) is 38.3 Å². The molecule has 0 bridgehead atoms. The van der Waals surface area contributed by atoms with Gasteiger partial charge in [0.05, 0.1) is 14.2 Å². The van der Waals surface area contributed by atoms with E-state index in [1.165, 1.54) is 25.7 Å². The molecule has 1 aliphatic carbocycles. The van der Waals surface area contributed by atoms with Crippen molar-refractivity contribution in [3.63, 3.8) is 0 Å². The van der Waals surface area contributed by atoms with Crippen LogP contribution in [0.15, 0.2) is 12.1 Å². The molecule has 0 amide bonds. The van der Waals surface area contributed by atoms with Crippen LogP contribution in [0.1, 0.15) is 41.6 Å². The van der Waals surface area contributed by atoms with Gasteiger partial charge in [-0.2, -0.15) is 0 Å². The van der Waals surface area contributed by atoms with Crippen molar-refractivity contribution in [1.82, 2.24) is 0 Å². The predicted molar refractivity (Wildman–Crippen MR) is 84.9 cm³/mol. The van der Waals surface area contributed by atoms with Crippen molar-refractivity contribution >= 4 is 33.0 Å². The molecule has 1 aliphatic rings. The molecule has 0 aromatic heterocycles. The first-order valence-corrected chi connectivity index (χ1v) is 7.77. The summed E-state index contributed by atoms with van der Waals surface area (Å²) in [5.74, 6) is 1.26. The second kappa shape index (κ2) is 8.08. The Morgan fingerprint density at radius 1 is 1.15 bits per heavy atom. The molecule has 5 heteroatoms. The molecule has 0 aliphatic heterocycles. The molecule has 1 aromatic rings. The fourth-order valence-corrected chi connectivity index (χ4v) is 4.05. The van der Waals surface area contributed by atoms with Crippen molar-refractivity contribution < 1.29 is 14.3 Å². The molecular formula is C15H21LiO3P. The maximum Gasteiger partial charge on any atom is 0.188 e. The zero-order valence-electron chi connectivity index (χ0n) is 12.8. The Balaban J connectivity index is 0.00000200. The minimum Gasteiger partial charge on any atom is -0.496 e. The van der Waals surface area contributed by atoms with Crippen LogP contribution in [0.2, 0.25) is 0 Å². The average molecular weight is 287 g/mol. The molecule has 2 rings (SSSR count). The second-order valence-corrected chi connectivity index (χ2v) is 6.56. The first-order chi connectivity index (χ1) is 9.15. The van der Waals surface area contributed by atoms with E-state index < -0.39 is 0 Å². The maximum absolute atomic E-state index is 12.5. The van der Waals surface area contributed by atoms with Crippen molar-refractivity contribution in [3.05, 3.63) is 23.3 Å². The number of methoxy groups -OCH3 is 2. The van der Waals surface area contributed by atoms with Crippen LogP contribution in [0, 0.1) is 6.92 Å². The van der Waals surface area contributed by atoms with E-state index >= 15 is 0 Å². The first-order valence-electron chi connectivity index (χ1n) is 6.69. The number of hydrogen-bond donors (Lipinski definition) is 0. The van der Waals surface area contributed by atoms with Gasteiger partial charge in [-0.3, -0.25) is 4.79 Å². The number of carbonyl (C=O) groups excluding carboxylic acids is 1. The van der Waals surface area contributed by atoms with E-state index in [0.717, 1.165) is 5.56 Å². The number of aryl methyl sites for hydroxylation is 1. The quantitative estimate of drug-likeness (QED) is 0.615. The molecule has 1 fully saturated rings. The summed E-state index contributed by atoms with van der Waals surface area (Å²) in [6, 6.07) is 3.80. The van der Waals surface area contributed by atoms with Gasteiger partial charge in [0.2, 0.25) is 0 Å². The van der Waals surface area contributed by atoms with Gasteiger partial charge in [0, 0.05) is 18.9 Å². The predicted octanol–water partition coefficient (Wildman–Crippen LogP) is 3.39. The van der Waals surface area contributed by atoms with E-state index in [1.54, 1.807) is 14.2 Å². The summed E-state index contributed by atoms with van der Waals surface area (Å²) in [7, 11) is 3.54. The third-order valence-electron chi connectivity index (χ3n) is 3.57. The molecule has 105 valence electrons. The van der Waals surface area contributed by atoms with Crippen LogP contribution >= 0.6 is 8.58 Å². The van der Waals surface area contributed by atoms with Crippen molar-refractivity contribution in [2.75, 3.05) is 14.2 Å². The molecule has 0 spiro atoms. The first kappa shape index (κ1) is 17.6. The van der Waals surface area contributed by atoms with Gasteiger partial charge in [-0.15, -0.1) is 0 Å². The fourth-order valence-electron chi connectivity index (χ4n) is 2.59. The van der Waals surface area contributed by atoms with Crippen molar-refractivity contribution in [1.29, 1.82) is 0 Å². The zero-order chi connectivity index (χ0) is 13.8. The van der Waals surface area contributed by atoms with E-state index in [1.807, 2.05) is 19.1 Å². The van der Waals surface area contributed by atoms with Gasteiger partial charge >= 0.3 is 0 Å². The Bertz CT molecular complexity index is 445. The van der Waals surface area contributed by atoms with Crippen LogP contribution in [0.25, 0.3) is 0 Å². The summed E-state index contributed by atoms with van der Waals surface area (Å²) < 4.78 is 10.7. The second-order valence-electron chi connectivity index (χ2n) is 5.00. The zero-order valence-corrected chi connectivity index (χ0v) is 13.8. The maximum atomic E-state index is 12.5. The number of hydrogen-bond acceptors (Lipinski definition) is 3. The van der Waals surface area contributed by atoms with Crippen molar-refractivity contribution in [2.24, 2.45) is 0 Å². The minimum absolute atomic E-state index is 0. The number of rotatable bonds is 5. The summed E-state index contributed by atoms with van der Waals surface area (Å²) in [4.78, 5) is 12.5. The molecule has 0 N–H and O–H groups in total. The van der Waals surface area contributed by atoms with E-state index in [-0.39, 0.29) is 24.4 Å². The summed E-state index contributed by atoms with van der Waals surface area (Å²) in [5, 5.41) is 0. The van der Waals surface area contributed by atoms with Gasteiger partial charge in [0.25, 0.3) is 0 Å². The SMILES string of the molecule is COc1cc(C)cc(OC)c1C(=O)PC1CCCC1.[Li]. The van der Waals surface area contributed by atoms with E-state index in [2.05, 4.69) is 0 Å². The van der Waals surface area contributed by atoms with E-state index in [4.69, 9.17) is 9.47 Å². The van der Waals surface area contributed by atoms with Gasteiger partial charge in [0.15, 0.2) is 5.52 Å². The molecule has 0 saturated heterocycles.